The van der Waals surface area contributed by atoms with Gasteiger partial charge in [0, 0.05) is 45.3 Å². The van der Waals surface area contributed by atoms with E-state index in [1.807, 2.05) is 48.5 Å². The van der Waals surface area contributed by atoms with Crippen LogP contribution in [0.3, 0.4) is 0 Å². The molecule has 2 fully saturated rings. The van der Waals surface area contributed by atoms with Crippen LogP contribution in [0.4, 0.5) is 20.6 Å². The normalized spacial score (nSPS) is 19.2. The molecule has 2 saturated heterocycles. The van der Waals surface area contributed by atoms with Crippen LogP contribution in [0.15, 0.2) is 66.7 Å². The number of anilines is 2. The first-order valence-electron chi connectivity index (χ1n) is 22.1. The zero-order chi connectivity index (χ0) is 46.0. The van der Waals surface area contributed by atoms with Crippen molar-refractivity contribution in [1.29, 1.82) is 0 Å². The number of likely N-dealkylation sites (tertiary alicyclic amines) is 1. The second-order valence-corrected chi connectivity index (χ2v) is 16.1. The lowest BCUT2D eigenvalue weighted by Gasteiger charge is -2.43. The minimum absolute atomic E-state index is 0.0148. The predicted molar refractivity (Wildman–Crippen MR) is 232 cm³/mol. The van der Waals surface area contributed by atoms with Crippen molar-refractivity contribution in [3.8, 4) is 11.5 Å². The Hall–Kier alpha value is -6.15. The number of carbonyl (C=O) groups excluding carboxylic acids is 2. The van der Waals surface area contributed by atoms with E-state index in [2.05, 4.69) is 19.5 Å². The maximum atomic E-state index is 14.0. The Morgan fingerprint density at radius 1 is 0.831 bits per heavy atom. The molecule has 3 aliphatic rings. The highest BCUT2D eigenvalue weighted by atomic mass is 19.1. The maximum absolute atomic E-state index is 14.0. The van der Waals surface area contributed by atoms with Gasteiger partial charge in [0.2, 0.25) is 0 Å². The van der Waals surface area contributed by atoms with Gasteiger partial charge in [-0.05, 0) is 85.7 Å². The molecule has 4 unspecified atom stereocenters. The number of benzene rings is 3. The van der Waals surface area contributed by atoms with Gasteiger partial charge >= 0.3 is 12.1 Å². The molecule has 0 aliphatic carbocycles. The van der Waals surface area contributed by atoms with Crippen molar-refractivity contribution in [1.82, 2.24) is 4.90 Å². The number of amides is 1. The van der Waals surface area contributed by atoms with Crippen molar-refractivity contribution < 1.29 is 62.2 Å². The van der Waals surface area contributed by atoms with Crippen LogP contribution >= 0.6 is 0 Å². The topological polar surface area (TPSA) is 204 Å². The van der Waals surface area contributed by atoms with Crippen LogP contribution < -0.4 is 19.3 Å². The first kappa shape index (κ1) is 48.3. The Bertz CT molecular complexity index is 2010. The van der Waals surface area contributed by atoms with Gasteiger partial charge in [0.1, 0.15) is 36.1 Å². The molecular formula is C45H58FN5O14. The molecule has 1 amide bonds. The van der Waals surface area contributed by atoms with E-state index in [4.69, 9.17) is 28.4 Å². The number of esters is 1. The second kappa shape index (κ2) is 24.8. The van der Waals surface area contributed by atoms with Gasteiger partial charge < -0.3 is 52.8 Å². The van der Waals surface area contributed by atoms with E-state index in [0.29, 0.717) is 64.2 Å². The number of nitrogens with zero attached hydrogens (tertiary/aromatic N) is 5. The Kier molecular flexibility index (Phi) is 18.4. The van der Waals surface area contributed by atoms with Gasteiger partial charge in [-0.25, -0.2) is 9.18 Å². The molecular weight excluding hydrogens is 854 g/mol. The van der Waals surface area contributed by atoms with E-state index in [1.54, 1.807) is 13.2 Å². The van der Waals surface area contributed by atoms with Crippen molar-refractivity contribution in [2.45, 2.75) is 82.2 Å². The summed E-state index contributed by atoms with van der Waals surface area (Å²) in [7, 11) is 1.68. The third-order valence-corrected chi connectivity index (χ3v) is 11.4. The molecule has 19 nitrogen and oxygen atoms in total. The van der Waals surface area contributed by atoms with Crippen molar-refractivity contribution >= 4 is 23.4 Å². The molecule has 0 radical (unpaired) electrons. The predicted octanol–water partition coefficient (Wildman–Crippen LogP) is 6.51. The van der Waals surface area contributed by atoms with Crippen LogP contribution in [0.1, 0.15) is 68.4 Å². The highest BCUT2D eigenvalue weighted by Crippen LogP contribution is 2.37. The SMILES string of the molecule is COCCCN1CCOc2ccc(COC3CN(C(=O)OCCCCO[N+](=O)[O-])CC(OC(=O)CCCCCO[N+](=O)[O-])C3c3ccc(OC4CCN(c5cccc(F)c5)C4)cc3)cc21. The summed E-state index contributed by atoms with van der Waals surface area (Å²) in [5, 5.41) is 19.4. The van der Waals surface area contributed by atoms with Crippen LogP contribution in [0.2, 0.25) is 0 Å². The summed E-state index contributed by atoms with van der Waals surface area (Å²) in [4.78, 5) is 62.8. The summed E-state index contributed by atoms with van der Waals surface area (Å²) in [5.74, 6) is 0.0365. The van der Waals surface area contributed by atoms with Crippen molar-refractivity contribution in [3.63, 3.8) is 0 Å². The van der Waals surface area contributed by atoms with E-state index in [1.165, 1.54) is 17.0 Å². The van der Waals surface area contributed by atoms with Crippen LogP contribution in [0, 0.1) is 26.0 Å². The Balaban J connectivity index is 1.21. The standard InChI is InChI=1S/C45H58FN5O14/c1-58-22-8-19-47-21-26-59-40-17-12-33(27-39(40)47)32-61-41-30-49(45(53)60-23-5-6-25-63-51(56)57)31-42(65-43(52)11-3-2-4-24-62-50(54)55)44(41)34-13-15-37(16-14-34)64-38-18-20-48(29-38)36-10-7-9-35(46)28-36/h7,9-10,12-17,27-28,38,41-42,44H,2-6,8,11,18-26,29-32H2,1H3. The van der Waals surface area contributed by atoms with Crippen LogP contribution in [-0.2, 0) is 40.0 Å². The summed E-state index contributed by atoms with van der Waals surface area (Å²) in [6, 6.07) is 19.9. The number of ether oxygens (including phenoxy) is 6. The Morgan fingerprint density at radius 3 is 2.34 bits per heavy atom. The Labute approximate surface area is 376 Å². The van der Waals surface area contributed by atoms with Crippen molar-refractivity contribution in [2.24, 2.45) is 0 Å². The number of methoxy groups -OCH3 is 1. The third kappa shape index (κ3) is 15.0. The number of unbranched alkanes of at least 4 members (excludes halogenated alkanes) is 3. The summed E-state index contributed by atoms with van der Waals surface area (Å²) in [5.41, 5.74) is 3.38. The van der Waals surface area contributed by atoms with Gasteiger partial charge in [-0.1, -0.05) is 30.7 Å². The first-order valence-corrected chi connectivity index (χ1v) is 22.1. The van der Waals surface area contributed by atoms with Crippen molar-refractivity contribution in [2.75, 3.05) is 89.2 Å². The monoisotopic (exact) mass is 911 g/mol. The molecule has 3 heterocycles. The molecule has 3 aromatic rings. The summed E-state index contributed by atoms with van der Waals surface area (Å²) >= 11 is 0. The summed E-state index contributed by atoms with van der Waals surface area (Å²) in [6.45, 7) is 3.98. The number of rotatable bonds is 25. The van der Waals surface area contributed by atoms with Gasteiger partial charge in [0.05, 0.1) is 70.3 Å². The quantitative estimate of drug-likeness (QED) is 0.0385. The molecule has 0 spiro atoms. The smallest absolute Gasteiger partial charge is 0.409 e. The molecule has 0 saturated carbocycles. The number of halogens is 1. The zero-order valence-corrected chi connectivity index (χ0v) is 36.6. The molecule has 4 atom stereocenters. The minimum atomic E-state index is -0.880. The molecule has 0 bridgehead atoms. The Morgan fingerprint density at radius 2 is 1.58 bits per heavy atom. The fourth-order valence-electron chi connectivity index (χ4n) is 8.27. The fourth-order valence-corrected chi connectivity index (χ4v) is 8.27. The molecule has 354 valence electrons. The number of hydrogen-bond donors (Lipinski definition) is 0. The first-order chi connectivity index (χ1) is 31.6. The van der Waals surface area contributed by atoms with Gasteiger partial charge in [0.25, 0.3) is 10.2 Å². The van der Waals surface area contributed by atoms with Crippen LogP contribution in [0.25, 0.3) is 0 Å². The summed E-state index contributed by atoms with van der Waals surface area (Å²) < 4.78 is 50.1. The molecule has 3 aromatic carbocycles. The lowest BCUT2D eigenvalue weighted by molar-refractivity contribution is -0.757. The maximum Gasteiger partial charge on any atom is 0.409 e. The zero-order valence-electron chi connectivity index (χ0n) is 36.6. The van der Waals surface area contributed by atoms with E-state index in [0.717, 1.165) is 54.2 Å². The number of hydrogen-bond acceptors (Lipinski definition) is 16. The lowest BCUT2D eigenvalue weighted by Crippen LogP contribution is -2.55. The summed E-state index contributed by atoms with van der Waals surface area (Å²) in [6.07, 6.45) is 1.13. The average Bonchev–Trinajstić information content (AvgIpc) is 3.76. The second-order valence-electron chi connectivity index (χ2n) is 16.1. The van der Waals surface area contributed by atoms with Gasteiger partial charge in [-0.2, -0.15) is 0 Å². The molecule has 3 aliphatic heterocycles. The molecule has 0 aromatic heterocycles. The van der Waals surface area contributed by atoms with E-state index in [9.17, 15) is 34.2 Å². The van der Waals surface area contributed by atoms with Crippen LogP contribution in [0.5, 0.6) is 11.5 Å². The van der Waals surface area contributed by atoms with Crippen LogP contribution in [-0.4, -0.2) is 125 Å². The molecule has 6 rings (SSSR count). The third-order valence-electron chi connectivity index (χ3n) is 11.4. The largest absolute Gasteiger partial charge is 0.490 e. The minimum Gasteiger partial charge on any atom is -0.490 e. The number of piperidine rings is 1. The van der Waals surface area contributed by atoms with E-state index >= 15 is 0 Å². The average molecular weight is 912 g/mol. The van der Waals surface area contributed by atoms with Crippen molar-refractivity contribution in [3.05, 3.63) is 104 Å². The highest BCUT2D eigenvalue weighted by molar-refractivity contribution is 5.70. The van der Waals surface area contributed by atoms with Gasteiger partial charge in [0.15, 0.2) is 0 Å². The van der Waals surface area contributed by atoms with Gasteiger partial charge in [-0.15, -0.1) is 20.2 Å². The van der Waals surface area contributed by atoms with E-state index < -0.39 is 40.4 Å². The molecule has 0 N–H and O–H groups in total. The fraction of sp³-hybridized carbons (Fsp3) is 0.556. The number of fused-ring (bicyclic) bond motifs is 1. The number of carbonyl (C=O) groups is 2. The highest BCUT2D eigenvalue weighted by Gasteiger charge is 2.43. The van der Waals surface area contributed by atoms with Gasteiger partial charge in [-0.3, -0.25) is 4.79 Å². The molecule has 65 heavy (non-hydrogen) atoms. The lowest BCUT2D eigenvalue weighted by atomic mass is 9.84. The molecule has 20 heteroatoms. The van der Waals surface area contributed by atoms with E-state index in [-0.39, 0.29) is 57.9 Å².